The van der Waals surface area contributed by atoms with E-state index in [0.29, 0.717) is 12.1 Å². The van der Waals surface area contributed by atoms with Crippen LogP contribution in [0.2, 0.25) is 0 Å². The van der Waals surface area contributed by atoms with Crippen molar-refractivity contribution in [3.63, 3.8) is 0 Å². The largest absolute Gasteiger partial charge is 0.347 e. The molecule has 0 aliphatic heterocycles. The summed E-state index contributed by atoms with van der Waals surface area (Å²) in [7, 11) is 0. The van der Waals surface area contributed by atoms with Crippen LogP contribution in [0.3, 0.4) is 0 Å². The van der Waals surface area contributed by atoms with Gasteiger partial charge in [0.15, 0.2) is 0 Å². The van der Waals surface area contributed by atoms with E-state index in [9.17, 15) is 4.79 Å². The first-order valence-electron chi connectivity index (χ1n) is 5.34. The molecular weight excluding hydrogens is 425 g/mol. The number of hydrogen-bond acceptors (Lipinski definition) is 2. The first-order valence-corrected chi connectivity index (χ1v) is 8.09. The van der Waals surface area contributed by atoms with Crippen molar-refractivity contribution < 1.29 is 4.79 Å². The molecule has 5 heteroatoms. The highest BCUT2D eigenvalue weighted by Crippen LogP contribution is 2.20. The summed E-state index contributed by atoms with van der Waals surface area (Å²) < 4.78 is 1.87. The van der Waals surface area contributed by atoms with Gasteiger partial charge in [-0.05, 0) is 80.7 Å². The van der Waals surface area contributed by atoms with Crippen LogP contribution in [0.1, 0.15) is 20.8 Å². The summed E-state index contributed by atoms with van der Waals surface area (Å²) >= 11 is 7.27. The third-order valence-corrected chi connectivity index (χ3v) is 4.94. The molecule has 0 unspecified atom stereocenters. The van der Waals surface area contributed by atoms with Gasteiger partial charge in [-0.15, -0.1) is 11.3 Å². The van der Waals surface area contributed by atoms with Gasteiger partial charge < -0.3 is 5.32 Å². The molecule has 0 radical (unpaired) electrons. The van der Waals surface area contributed by atoms with Crippen molar-refractivity contribution in [3.8, 4) is 0 Å². The van der Waals surface area contributed by atoms with Crippen LogP contribution in [0.25, 0.3) is 0 Å². The number of nitrogens with one attached hydrogen (secondary N) is 1. The second kappa shape index (κ2) is 6.16. The van der Waals surface area contributed by atoms with Gasteiger partial charge in [-0.1, -0.05) is 0 Å². The molecule has 0 spiro atoms. The quantitative estimate of drug-likeness (QED) is 0.713. The summed E-state index contributed by atoms with van der Waals surface area (Å²) in [6.07, 6.45) is 0. The molecule has 94 valence electrons. The van der Waals surface area contributed by atoms with E-state index >= 15 is 0 Å². The van der Waals surface area contributed by atoms with Crippen LogP contribution >= 0.6 is 49.9 Å². The van der Waals surface area contributed by atoms with Gasteiger partial charge in [0.1, 0.15) is 0 Å². The number of aryl methyl sites for hydroxylation is 1. The molecule has 2 nitrogen and oxygen atoms in total. The summed E-state index contributed by atoms with van der Waals surface area (Å²) in [5.41, 5.74) is 1.90. The Bertz CT molecular complexity index is 582. The van der Waals surface area contributed by atoms with E-state index in [1.807, 2.05) is 23.6 Å². The fraction of sp³-hybridized carbons (Fsp3) is 0.154. The summed E-state index contributed by atoms with van der Waals surface area (Å²) in [5.74, 6) is -0.0480. The molecule has 0 atom stereocenters. The summed E-state index contributed by atoms with van der Waals surface area (Å²) in [5, 5.41) is 4.99. The maximum atomic E-state index is 12.1. The molecule has 18 heavy (non-hydrogen) atoms. The normalized spacial score (nSPS) is 10.4. The summed E-state index contributed by atoms with van der Waals surface area (Å²) in [6.45, 7) is 2.64. The van der Waals surface area contributed by atoms with E-state index in [-0.39, 0.29) is 5.91 Å². The third-order valence-electron chi connectivity index (χ3n) is 2.55. The predicted octanol–water partition coefficient (Wildman–Crippen LogP) is 4.35. The van der Waals surface area contributed by atoms with Crippen LogP contribution in [-0.4, -0.2) is 5.91 Å². The SMILES string of the molecule is Cc1ccsc1CNC(=O)c1cc(I)ccc1Br. The highest BCUT2D eigenvalue weighted by molar-refractivity contribution is 14.1. The zero-order chi connectivity index (χ0) is 13.1. The Morgan fingerprint density at radius 2 is 2.22 bits per heavy atom. The van der Waals surface area contributed by atoms with Crippen LogP contribution in [0.5, 0.6) is 0 Å². The van der Waals surface area contributed by atoms with Gasteiger partial charge in [0.05, 0.1) is 12.1 Å². The molecule has 0 aliphatic carbocycles. The molecule has 1 N–H and O–H groups in total. The van der Waals surface area contributed by atoms with Crippen LogP contribution in [0.4, 0.5) is 0 Å². The third kappa shape index (κ3) is 3.33. The van der Waals surface area contributed by atoms with E-state index in [1.165, 1.54) is 10.4 Å². The molecular formula is C13H11BrINOS. The predicted molar refractivity (Wildman–Crippen MR) is 87.1 cm³/mol. The number of halogens is 2. The second-order valence-corrected chi connectivity index (χ2v) is 6.93. The lowest BCUT2D eigenvalue weighted by atomic mass is 10.2. The zero-order valence-corrected chi connectivity index (χ0v) is 14.2. The van der Waals surface area contributed by atoms with Crippen molar-refractivity contribution in [2.24, 2.45) is 0 Å². The van der Waals surface area contributed by atoms with E-state index in [1.54, 1.807) is 11.3 Å². The number of carbonyl (C=O) groups excluding carboxylic acids is 1. The standard InChI is InChI=1S/C13H11BrINOS/c1-8-4-5-18-12(8)7-16-13(17)10-6-9(15)2-3-11(10)14/h2-6H,7H2,1H3,(H,16,17). The molecule has 0 fully saturated rings. The smallest absolute Gasteiger partial charge is 0.252 e. The van der Waals surface area contributed by atoms with Crippen LogP contribution in [0.15, 0.2) is 34.1 Å². The molecule has 1 heterocycles. The lowest BCUT2D eigenvalue weighted by Gasteiger charge is -2.07. The summed E-state index contributed by atoms with van der Waals surface area (Å²) in [4.78, 5) is 13.3. The zero-order valence-electron chi connectivity index (χ0n) is 9.67. The lowest BCUT2D eigenvalue weighted by Crippen LogP contribution is -2.23. The highest BCUT2D eigenvalue weighted by Gasteiger charge is 2.11. The molecule has 1 amide bonds. The minimum atomic E-state index is -0.0480. The summed E-state index contributed by atoms with van der Waals surface area (Å²) in [6, 6.07) is 7.80. The minimum Gasteiger partial charge on any atom is -0.347 e. The van der Waals surface area contributed by atoms with Crippen molar-refractivity contribution in [1.29, 1.82) is 0 Å². The van der Waals surface area contributed by atoms with Crippen LogP contribution in [0, 0.1) is 10.5 Å². The number of carbonyl (C=O) groups is 1. The van der Waals surface area contributed by atoms with E-state index in [0.717, 1.165) is 8.04 Å². The molecule has 1 aromatic carbocycles. The van der Waals surface area contributed by atoms with E-state index < -0.39 is 0 Å². The molecule has 0 bridgehead atoms. The van der Waals surface area contributed by atoms with Crippen molar-refractivity contribution in [2.45, 2.75) is 13.5 Å². The highest BCUT2D eigenvalue weighted by atomic mass is 127. The maximum Gasteiger partial charge on any atom is 0.252 e. The Morgan fingerprint density at radius 3 is 2.89 bits per heavy atom. The van der Waals surface area contributed by atoms with Gasteiger partial charge in [-0.3, -0.25) is 4.79 Å². The number of hydrogen-bond donors (Lipinski definition) is 1. The second-order valence-electron chi connectivity index (χ2n) is 3.83. The van der Waals surface area contributed by atoms with Crippen molar-refractivity contribution in [2.75, 3.05) is 0 Å². The molecule has 0 saturated heterocycles. The molecule has 0 saturated carbocycles. The number of rotatable bonds is 3. The molecule has 1 aromatic heterocycles. The number of thiophene rings is 1. The van der Waals surface area contributed by atoms with Crippen molar-refractivity contribution in [3.05, 3.63) is 53.7 Å². The average Bonchev–Trinajstić information content (AvgIpc) is 2.75. The molecule has 2 aromatic rings. The van der Waals surface area contributed by atoms with Crippen molar-refractivity contribution >= 4 is 55.8 Å². The monoisotopic (exact) mass is 435 g/mol. The maximum absolute atomic E-state index is 12.1. The Labute approximate surface area is 132 Å². The topological polar surface area (TPSA) is 29.1 Å². The van der Waals surface area contributed by atoms with E-state index in [4.69, 9.17) is 0 Å². The van der Waals surface area contributed by atoms with Crippen molar-refractivity contribution in [1.82, 2.24) is 5.32 Å². The Morgan fingerprint density at radius 1 is 1.44 bits per heavy atom. The Hall–Kier alpha value is -0.400. The lowest BCUT2D eigenvalue weighted by molar-refractivity contribution is 0.0950. The first kappa shape index (κ1) is 14.0. The molecule has 2 rings (SSSR count). The van der Waals surface area contributed by atoms with Gasteiger partial charge in [-0.25, -0.2) is 0 Å². The van der Waals surface area contributed by atoms with E-state index in [2.05, 4.69) is 56.8 Å². The first-order chi connectivity index (χ1) is 8.58. The van der Waals surface area contributed by atoms with Gasteiger partial charge in [0.25, 0.3) is 5.91 Å². The fourth-order valence-electron chi connectivity index (χ4n) is 1.51. The minimum absolute atomic E-state index is 0.0480. The van der Waals surface area contributed by atoms with Gasteiger partial charge >= 0.3 is 0 Å². The van der Waals surface area contributed by atoms with Crippen LogP contribution in [-0.2, 0) is 6.54 Å². The van der Waals surface area contributed by atoms with Gasteiger partial charge in [-0.2, -0.15) is 0 Å². The average molecular weight is 436 g/mol. The van der Waals surface area contributed by atoms with Gasteiger partial charge in [0.2, 0.25) is 0 Å². The Balaban J connectivity index is 2.08. The van der Waals surface area contributed by atoms with Gasteiger partial charge in [0, 0.05) is 12.9 Å². The number of amides is 1. The number of benzene rings is 1. The molecule has 0 aliphatic rings. The van der Waals surface area contributed by atoms with Crippen LogP contribution < -0.4 is 5.32 Å². The Kier molecular flexibility index (Phi) is 4.80. The fourth-order valence-corrected chi connectivity index (χ4v) is 3.28.